The SMILES string of the molecule is CCOC(=O)C1=C(CSc2nnc(C3CC3)n2C2CC2)NC(=O)NC1c1ccc(OC)cc1. The average Bonchev–Trinajstić information content (AvgIpc) is 3.76. The number of hydrogen-bond donors (Lipinski definition) is 2. The van der Waals surface area contributed by atoms with Gasteiger partial charge in [0.25, 0.3) is 0 Å². The molecule has 33 heavy (non-hydrogen) atoms. The molecule has 1 unspecified atom stereocenters. The van der Waals surface area contributed by atoms with Gasteiger partial charge in [-0.25, -0.2) is 9.59 Å². The van der Waals surface area contributed by atoms with E-state index in [2.05, 4.69) is 25.4 Å². The molecular weight excluding hydrogens is 442 g/mol. The summed E-state index contributed by atoms with van der Waals surface area (Å²) in [4.78, 5) is 25.5. The maximum atomic E-state index is 13.0. The molecule has 3 aliphatic rings. The number of benzene rings is 1. The summed E-state index contributed by atoms with van der Waals surface area (Å²) in [6, 6.07) is 6.77. The Morgan fingerprint density at radius 1 is 1.18 bits per heavy atom. The van der Waals surface area contributed by atoms with Gasteiger partial charge in [0.15, 0.2) is 5.16 Å². The van der Waals surface area contributed by atoms with E-state index in [1.807, 2.05) is 12.1 Å². The molecule has 2 fully saturated rings. The molecule has 2 amide bonds. The lowest BCUT2D eigenvalue weighted by atomic mass is 9.95. The predicted octanol–water partition coefficient (Wildman–Crippen LogP) is 3.46. The van der Waals surface area contributed by atoms with Crippen molar-refractivity contribution in [3.63, 3.8) is 0 Å². The van der Waals surface area contributed by atoms with Crippen LogP contribution in [0.1, 0.15) is 62.0 Å². The second-order valence-corrected chi connectivity index (χ2v) is 9.36. The van der Waals surface area contributed by atoms with Gasteiger partial charge in [-0.2, -0.15) is 0 Å². The van der Waals surface area contributed by atoms with Gasteiger partial charge in [-0.1, -0.05) is 23.9 Å². The summed E-state index contributed by atoms with van der Waals surface area (Å²) in [5, 5.41) is 15.4. The number of amides is 2. The first kappa shape index (κ1) is 21.8. The number of thioether (sulfide) groups is 1. The number of hydrogen-bond acceptors (Lipinski definition) is 7. The summed E-state index contributed by atoms with van der Waals surface area (Å²) >= 11 is 1.49. The van der Waals surface area contributed by atoms with Crippen LogP contribution in [0.5, 0.6) is 5.75 Å². The molecule has 1 aliphatic heterocycles. The number of nitrogens with one attached hydrogen (secondary N) is 2. The number of ether oxygens (including phenoxy) is 2. The zero-order chi connectivity index (χ0) is 22.9. The van der Waals surface area contributed by atoms with E-state index >= 15 is 0 Å². The van der Waals surface area contributed by atoms with Crippen molar-refractivity contribution in [2.45, 2.75) is 55.8 Å². The fourth-order valence-electron chi connectivity index (χ4n) is 4.05. The Bertz CT molecular complexity index is 1090. The quantitative estimate of drug-likeness (QED) is 0.428. The van der Waals surface area contributed by atoms with E-state index in [1.165, 1.54) is 24.6 Å². The average molecular weight is 470 g/mol. The van der Waals surface area contributed by atoms with Crippen LogP contribution >= 0.6 is 11.8 Å². The first-order valence-corrected chi connectivity index (χ1v) is 12.3. The number of esters is 1. The number of urea groups is 1. The minimum atomic E-state index is -0.623. The third-order valence-electron chi connectivity index (χ3n) is 5.99. The molecule has 0 spiro atoms. The summed E-state index contributed by atoms with van der Waals surface area (Å²) in [5.41, 5.74) is 1.70. The third-order valence-corrected chi connectivity index (χ3v) is 6.96. The van der Waals surface area contributed by atoms with Crippen LogP contribution in [0.4, 0.5) is 4.79 Å². The Hall–Kier alpha value is -3.01. The zero-order valence-electron chi connectivity index (χ0n) is 18.7. The van der Waals surface area contributed by atoms with Crippen LogP contribution in [-0.2, 0) is 9.53 Å². The second kappa shape index (κ2) is 9.09. The van der Waals surface area contributed by atoms with Gasteiger partial charge < -0.3 is 24.7 Å². The van der Waals surface area contributed by atoms with Crippen molar-refractivity contribution in [3.05, 3.63) is 46.9 Å². The molecule has 2 heterocycles. The molecule has 0 radical (unpaired) electrons. The van der Waals surface area contributed by atoms with Gasteiger partial charge in [0.05, 0.1) is 25.3 Å². The second-order valence-electron chi connectivity index (χ2n) is 8.42. The Morgan fingerprint density at radius 2 is 1.94 bits per heavy atom. The number of methoxy groups -OCH3 is 1. The molecule has 2 N–H and O–H groups in total. The Balaban J connectivity index is 1.45. The molecule has 5 rings (SSSR count). The summed E-state index contributed by atoms with van der Waals surface area (Å²) in [5.74, 6) is 2.21. The van der Waals surface area contributed by atoms with Gasteiger partial charge in [0, 0.05) is 23.4 Å². The highest BCUT2D eigenvalue weighted by molar-refractivity contribution is 7.99. The van der Waals surface area contributed by atoms with Crippen LogP contribution in [0.3, 0.4) is 0 Å². The van der Waals surface area contributed by atoms with Crippen LogP contribution in [0, 0.1) is 0 Å². The Labute approximate surface area is 196 Å². The van der Waals surface area contributed by atoms with Crippen molar-refractivity contribution in [1.82, 2.24) is 25.4 Å². The highest BCUT2D eigenvalue weighted by Gasteiger charge is 2.37. The number of aromatic nitrogens is 3. The van der Waals surface area contributed by atoms with Crippen molar-refractivity contribution >= 4 is 23.8 Å². The molecule has 2 aromatic rings. The number of carbonyl (C=O) groups excluding carboxylic acids is 2. The van der Waals surface area contributed by atoms with Crippen LogP contribution < -0.4 is 15.4 Å². The normalized spacial score (nSPS) is 20.3. The fraction of sp³-hybridized carbons (Fsp3) is 0.478. The highest BCUT2D eigenvalue weighted by atomic mass is 32.2. The first-order chi connectivity index (χ1) is 16.1. The van der Waals surface area contributed by atoms with Gasteiger partial charge in [-0.3, -0.25) is 0 Å². The standard InChI is InChI=1S/C23H27N5O4S/c1-3-32-21(29)18-17(24-22(30)25-19(18)13-6-10-16(31-2)11-7-13)12-33-23-27-26-20(14-4-5-14)28(23)15-8-9-15/h6-7,10-11,14-15,19H,3-5,8-9,12H2,1-2H3,(H2,24,25,30). The largest absolute Gasteiger partial charge is 0.497 e. The van der Waals surface area contributed by atoms with E-state index in [0.29, 0.717) is 34.7 Å². The lowest BCUT2D eigenvalue weighted by Gasteiger charge is -2.29. The van der Waals surface area contributed by atoms with Gasteiger partial charge in [0.2, 0.25) is 0 Å². The maximum absolute atomic E-state index is 13.0. The van der Waals surface area contributed by atoms with Crippen LogP contribution in [-0.4, -0.2) is 46.2 Å². The molecule has 2 saturated carbocycles. The molecule has 10 heteroatoms. The Morgan fingerprint density at radius 3 is 2.58 bits per heavy atom. The highest BCUT2D eigenvalue weighted by Crippen LogP contribution is 2.46. The summed E-state index contributed by atoms with van der Waals surface area (Å²) in [6.45, 7) is 2.01. The summed E-state index contributed by atoms with van der Waals surface area (Å²) in [6.07, 6.45) is 4.61. The predicted molar refractivity (Wildman–Crippen MR) is 122 cm³/mol. The fourth-order valence-corrected chi connectivity index (χ4v) is 5.03. The first-order valence-electron chi connectivity index (χ1n) is 11.3. The van der Waals surface area contributed by atoms with Gasteiger partial charge >= 0.3 is 12.0 Å². The molecule has 1 atom stereocenters. The number of rotatable bonds is 9. The maximum Gasteiger partial charge on any atom is 0.338 e. The van der Waals surface area contributed by atoms with Crippen molar-refractivity contribution in [3.8, 4) is 5.75 Å². The Kier molecular flexibility index (Phi) is 6.01. The minimum absolute atomic E-state index is 0.243. The smallest absolute Gasteiger partial charge is 0.338 e. The van der Waals surface area contributed by atoms with Gasteiger partial charge in [-0.15, -0.1) is 10.2 Å². The molecule has 174 valence electrons. The van der Waals surface area contributed by atoms with E-state index in [4.69, 9.17) is 9.47 Å². The lowest BCUT2D eigenvalue weighted by Crippen LogP contribution is -2.46. The number of nitrogens with zero attached hydrogens (tertiary/aromatic N) is 3. The van der Waals surface area contributed by atoms with Crippen molar-refractivity contribution < 1.29 is 19.1 Å². The summed E-state index contributed by atoms with van der Waals surface area (Å²) in [7, 11) is 1.59. The van der Waals surface area contributed by atoms with Crippen molar-refractivity contribution in [1.29, 1.82) is 0 Å². The van der Waals surface area contributed by atoms with Crippen LogP contribution in [0.2, 0.25) is 0 Å². The molecule has 9 nitrogen and oxygen atoms in total. The molecular formula is C23H27N5O4S. The zero-order valence-corrected chi connectivity index (χ0v) is 19.5. The van der Waals surface area contributed by atoms with Crippen LogP contribution in [0.15, 0.2) is 40.7 Å². The molecule has 1 aromatic carbocycles. The monoisotopic (exact) mass is 469 g/mol. The van der Waals surface area contributed by atoms with Crippen molar-refractivity contribution in [2.75, 3.05) is 19.5 Å². The van der Waals surface area contributed by atoms with E-state index in [9.17, 15) is 9.59 Å². The third kappa shape index (κ3) is 4.57. The van der Waals surface area contributed by atoms with E-state index in [1.54, 1.807) is 26.2 Å². The molecule has 2 aliphatic carbocycles. The van der Waals surface area contributed by atoms with Crippen LogP contribution in [0.25, 0.3) is 0 Å². The minimum Gasteiger partial charge on any atom is -0.497 e. The van der Waals surface area contributed by atoms with Gasteiger partial charge in [0.1, 0.15) is 11.6 Å². The van der Waals surface area contributed by atoms with E-state index in [-0.39, 0.29) is 12.6 Å². The topological polar surface area (TPSA) is 107 Å². The van der Waals surface area contributed by atoms with E-state index in [0.717, 1.165) is 29.4 Å². The lowest BCUT2D eigenvalue weighted by molar-refractivity contribution is -0.139. The molecule has 1 aromatic heterocycles. The van der Waals surface area contributed by atoms with Gasteiger partial charge in [-0.05, 0) is 50.3 Å². The molecule has 0 saturated heterocycles. The summed E-state index contributed by atoms with van der Waals surface area (Å²) < 4.78 is 12.9. The van der Waals surface area contributed by atoms with Crippen molar-refractivity contribution in [2.24, 2.45) is 0 Å². The van der Waals surface area contributed by atoms with E-state index < -0.39 is 12.0 Å². The number of carbonyl (C=O) groups is 2. The molecule has 0 bridgehead atoms.